The van der Waals surface area contributed by atoms with Gasteiger partial charge in [-0.05, 0) is 49.0 Å². The molecule has 2 aromatic heterocycles. The molecule has 4 heteroatoms. The molecule has 1 aliphatic rings. The standard InChI is InChI=1S/C15H21N3S/c1-9-5-4-6-12(11(9)3)18-14-13(17-15(18)19)10(2)7-8-16-14/h7-9,11-12H,4-6H2,1-3H3,(H,17,19). The van der Waals surface area contributed by atoms with Crippen molar-refractivity contribution < 1.29 is 0 Å². The molecule has 0 spiro atoms. The quantitative estimate of drug-likeness (QED) is 0.783. The second-order valence-electron chi connectivity index (χ2n) is 5.96. The van der Waals surface area contributed by atoms with E-state index in [0.717, 1.165) is 21.9 Å². The molecule has 2 aromatic rings. The van der Waals surface area contributed by atoms with E-state index in [1.54, 1.807) is 0 Å². The number of pyridine rings is 1. The van der Waals surface area contributed by atoms with E-state index >= 15 is 0 Å². The minimum atomic E-state index is 0.485. The summed E-state index contributed by atoms with van der Waals surface area (Å²) in [5, 5.41) is 0. The van der Waals surface area contributed by atoms with Gasteiger partial charge in [-0.2, -0.15) is 0 Å². The van der Waals surface area contributed by atoms with Gasteiger partial charge in [0.1, 0.15) is 0 Å². The SMILES string of the molecule is Cc1ccnc2c1[nH]c(=S)n2C1CCCC(C)C1C. The fourth-order valence-electron chi connectivity index (χ4n) is 3.37. The average Bonchev–Trinajstić information content (AvgIpc) is 2.71. The summed E-state index contributed by atoms with van der Waals surface area (Å²) in [6.45, 7) is 6.81. The normalized spacial score (nSPS) is 27.8. The summed E-state index contributed by atoms with van der Waals surface area (Å²) < 4.78 is 3.08. The van der Waals surface area contributed by atoms with Crippen LogP contribution in [0.3, 0.4) is 0 Å². The van der Waals surface area contributed by atoms with Crippen LogP contribution in [0.1, 0.15) is 44.7 Å². The Hall–Kier alpha value is -1.16. The first kappa shape index (κ1) is 12.9. The highest BCUT2D eigenvalue weighted by atomic mass is 32.1. The van der Waals surface area contributed by atoms with Gasteiger partial charge in [-0.25, -0.2) is 4.98 Å². The maximum atomic E-state index is 5.55. The van der Waals surface area contributed by atoms with Crippen molar-refractivity contribution >= 4 is 23.4 Å². The molecule has 0 aromatic carbocycles. The number of hydrogen-bond acceptors (Lipinski definition) is 2. The first-order chi connectivity index (χ1) is 9.09. The third-order valence-corrected chi connectivity index (χ3v) is 5.11. The van der Waals surface area contributed by atoms with E-state index in [0.29, 0.717) is 12.0 Å². The Morgan fingerprint density at radius 1 is 1.37 bits per heavy atom. The zero-order valence-corrected chi connectivity index (χ0v) is 12.6. The van der Waals surface area contributed by atoms with Crippen molar-refractivity contribution in [3.05, 3.63) is 22.6 Å². The zero-order valence-electron chi connectivity index (χ0n) is 11.8. The Labute approximate surface area is 119 Å². The number of aryl methyl sites for hydroxylation is 1. The fourth-order valence-corrected chi connectivity index (χ4v) is 3.69. The number of hydrogen-bond donors (Lipinski definition) is 1. The second-order valence-corrected chi connectivity index (χ2v) is 6.35. The van der Waals surface area contributed by atoms with Crippen LogP contribution in [0.5, 0.6) is 0 Å². The van der Waals surface area contributed by atoms with E-state index in [1.165, 1.54) is 24.8 Å². The van der Waals surface area contributed by atoms with Gasteiger partial charge < -0.3 is 4.98 Å². The number of nitrogens with zero attached hydrogens (tertiary/aromatic N) is 2. The Kier molecular flexibility index (Phi) is 3.21. The Morgan fingerprint density at radius 3 is 2.95 bits per heavy atom. The Balaban J connectivity index is 2.17. The summed E-state index contributed by atoms with van der Waals surface area (Å²) in [6.07, 6.45) is 5.71. The van der Waals surface area contributed by atoms with Gasteiger partial charge in [-0.3, -0.25) is 4.57 Å². The van der Waals surface area contributed by atoms with Crippen LogP contribution >= 0.6 is 12.2 Å². The summed E-state index contributed by atoms with van der Waals surface area (Å²) >= 11 is 5.55. The molecule has 0 radical (unpaired) electrons. The average molecular weight is 275 g/mol. The van der Waals surface area contributed by atoms with Gasteiger partial charge in [0.2, 0.25) is 0 Å². The Morgan fingerprint density at radius 2 is 2.16 bits per heavy atom. The first-order valence-corrected chi connectivity index (χ1v) is 7.56. The monoisotopic (exact) mass is 275 g/mol. The molecule has 19 heavy (non-hydrogen) atoms. The molecule has 1 saturated carbocycles. The molecule has 0 bridgehead atoms. The lowest BCUT2D eigenvalue weighted by Crippen LogP contribution is -2.27. The van der Waals surface area contributed by atoms with Crippen molar-refractivity contribution in [2.24, 2.45) is 11.8 Å². The predicted molar refractivity (Wildman–Crippen MR) is 80.9 cm³/mol. The van der Waals surface area contributed by atoms with Crippen molar-refractivity contribution in [2.45, 2.75) is 46.1 Å². The molecule has 3 atom stereocenters. The van der Waals surface area contributed by atoms with E-state index in [-0.39, 0.29) is 0 Å². The summed E-state index contributed by atoms with van der Waals surface area (Å²) in [5.74, 6) is 1.41. The third kappa shape index (κ3) is 2.02. The van der Waals surface area contributed by atoms with Crippen LogP contribution in [0.4, 0.5) is 0 Å². The lowest BCUT2D eigenvalue weighted by molar-refractivity contribution is 0.188. The largest absolute Gasteiger partial charge is 0.329 e. The zero-order chi connectivity index (χ0) is 13.6. The van der Waals surface area contributed by atoms with Gasteiger partial charge in [-0.15, -0.1) is 0 Å². The van der Waals surface area contributed by atoms with Crippen LogP contribution in [-0.2, 0) is 0 Å². The van der Waals surface area contributed by atoms with E-state index in [1.807, 2.05) is 12.3 Å². The summed E-state index contributed by atoms with van der Waals surface area (Å²) in [5.41, 5.74) is 3.33. The molecule has 3 rings (SSSR count). The van der Waals surface area contributed by atoms with Crippen molar-refractivity contribution in [1.82, 2.24) is 14.5 Å². The number of imidazole rings is 1. The minimum Gasteiger partial charge on any atom is -0.329 e. The molecule has 2 heterocycles. The maximum Gasteiger partial charge on any atom is 0.179 e. The van der Waals surface area contributed by atoms with Crippen molar-refractivity contribution in [3.63, 3.8) is 0 Å². The van der Waals surface area contributed by atoms with Crippen molar-refractivity contribution in [3.8, 4) is 0 Å². The summed E-state index contributed by atoms with van der Waals surface area (Å²) in [6, 6.07) is 2.52. The molecular formula is C15H21N3S. The number of aromatic amines is 1. The number of fused-ring (bicyclic) bond motifs is 1. The molecule has 0 aliphatic heterocycles. The molecule has 3 unspecified atom stereocenters. The molecule has 0 amide bonds. The van der Waals surface area contributed by atoms with Crippen molar-refractivity contribution in [2.75, 3.05) is 0 Å². The maximum absolute atomic E-state index is 5.55. The van der Waals surface area contributed by atoms with E-state index in [9.17, 15) is 0 Å². The highest BCUT2D eigenvalue weighted by Gasteiger charge is 2.30. The lowest BCUT2D eigenvalue weighted by atomic mass is 9.78. The van der Waals surface area contributed by atoms with Crippen LogP contribution in [0.15, 0.2) is 12.3 Å². The molecule has 3 nitrogen and oxygen atoms in total. The van der Waals surface area contributed by atoms with Gasteiger partial charge in [-0.1, -0.05) is 26.7 Å². The molecule has 1 fully saturated rings. The molecule has 1 N–H and O–H groups in total. The number of rotatable bonds is 1. The van der Waals surface area contributed by atoms with Crippen LogP contribution in [-0.4, -0.2) is 14.5 Å². The third-order valence-electron chi connectivity index (χ3n) is 4.81. The lowest BCUT2D eigenvalue weighted by Gasteiger charge is -2.35. The highest BCUT2D eigenvalue weighted by molar-refractivity contribution is 7.71. The number of nitrogens with one attached hydrogen (secondary N) is 1. The van der Waals surface area contributed by atoms with Crippen LogP contribution in [0, 0.1) is 23.5 Å². The number of aromatic nitrogens is 3. The molecule has 102 valence electrons. The van der Waals surface area contributed by atoms with Gasteiger partial charge >= 0.3 is 0 Å². The van der Waals surface area contributed by atoms with Crippen LogP contribution < -0.4 is 0 Å². The van der Waals surface area contributed by atoms with Gasteiger partial charge in [0.15, 0.2) is 10.4 Å². The number of H-pyrrole nitrogens is 1. The summed E-state index contributed by atoms with van der Waals surface area (Å²) in [4.78, 5) is 7.91. The highest BCUT2D eigenvalue weighted by Crippen LogP contribution is 2.39. The smallest absolute Gasteiger partial charge is 0.179 e. The fraction of sp³-hybridized carbons (Fsp3) is 0.600. The Bertz CT molecular complexity index is 655. The van der Waals surface area contributed by atoms with E-state index in [2.05, 4.69) is 35.3 Å². The molecule has 1 aliphatic carbocycles. The molecular weight excluding hydrogens is 254 g/mol. The first-order valence-electron chi connectivity index (χ1n) is 7.15. The molecule has 0 saturated heterocycles. The van der Waals surface area contributed by atoms with E-state index < -0.39 is 0 Å². The van der Waals surface area contributed by atoms with Gasteiger partial charge in [0.25, 0.3) is 0 Å². The van der Waals surface area contributed by atoms with Crippen LogP contribution in [0.2, 0.25) is 0 Å². The predicted octanol–water partition coefficient (Wildman–Crippen LogP) is 4.40. The van der Waals surface area contributed by atoms with Crippen molar-refractivity contribution in [1.29, 1.82) is 0 Å². The van der Waals surface area contributed by atoms with E-state index in [4.69, 9.17) is 12.2 Å². The summed E-state index contributed by atoms with van der Waals surface area (Å²) in [7, 11) is 0. The van der Waals surface area contributed by atoms with Crippen LogP contribution in [0.25, 0.3) is 11.2 Å². The van der Waals surface area contributed by atoms with Gasteiger partial charge in [0.05, 0.1) is 5.52 Å². The minimum absolute atomic E-state index is 0.485. The topological polar surface area (TPSA) is 33.6 Å². The second kappa shape index (κ2) is 4.75. The van der Waals surface area contributed by atoms with Gasteiger partial charge in [0, 0.05) is 12.2 Å².